The minimum absolute atomic E-state index is 0.0924. The molecule has 0 unspecified atom stereocenters. The van der Waals surface area contributed by atoms with Crippen molar-refractivity contribution in [1.82, 2.24) is 0 Å². The summed E-state index contributed by atoms with van der Waals surface area (Å²) in [6.45, 7) is 9.50. The molecule has 0 aliphatic heterocycles. The van der Waals surface area contributed by atoms with E-state index in [1.165, 1.54) is 18.2 Å². The lowest BCUT2D eigenvalue weighted by atomic mass is 10.1. The Labute approximate surface area is 139 Å². The lowest BCUT2D eigenvalue weighted by Gasteiger charge is -1.94. The van der Waals surface area contributed by atoms with E-state index in [0.717, 1.165) is 17.6 Å². The molecule has 1 N–H and O–H groups in total. The molecule has 0 fully saturated rings. The first-order valence-electron chi connectivity index (χ1n) is 7.66. The van der Waals surface area contributed by atoms with Crippen molar-refractivity contribution in [2.24, 2.45) is 0 Å². The molecule has 0 saturated carbocycles. The average Bonchev–Trinajstić information content (AvgIpc) is 2.53. The Morgan fingerprint density at radius 2 is 1.70 bits per heavy atom. The lowest BCUT2D eigenvalue weighted by Crippen LogP contribution is -1.89. The van der Waals surface area contributed by atoms with E-state index in [0.29, 0.717) is 0 Å². The Hall–Kier alpha value is -2.61. The second kappa shape index (κ2) is 13.1. The maximum atomic E-state index is 11.8. The van der Waals surface area contributed by atoms with Gasteiger partial charge in [0.2, 0.25) is 0 Å². The highest BCUT2D eigenvalue weighted by Crippen LogP contribution is 2.04. The molecule has 23 heavy (non-hydrogen) atoms. The third-order valence-electron chi connectivity index (χ3n) is 2.73. The van der Waals surface area contributed by atoms with Gasteiger partial charge in [-0.2, -0.15) is 0 Å². The van der Waals surface area contributed by atoms with E-state index < -0.39 is 0 Å². The van der Waals surface area contributed by atoms with Crippen LogP contribution in [0, 0.1) is 0 Å². The summed E-state index contributed by atoms with van der Waals surface area (Å²) in [4.78, 5) is 11.8. The maximum absolute atomic E-state index is 11.8. The summed E-state index contributed by atoms with van der Waals surface area (Å²) >= 11 is 0. The van der Waals surface area contributed by atoms with E-state index >= 15 is 0 Å². The van der Waals surface area contributed by atoms with Gasteiger partial charge in [0.15, 0.2) is 5.78 Å². The first kappa shape index (κ1) is 20.4. The first-order chi connectivity index (χ1) is 11.1. The molecule has 0 rings (SSSR count). The zero-order chi connectivity index (χ0) is 17.5. The van der Waals surface area contributed by atoms with E-state index in [4.69, 9.17) is 0 Å². The standard InChI is InChI=1S/C21H26O2/c1-5-9-12-18(8-4)13-15-20(22)17-21(23)16-14-19(10-6-2)11-7-3/h6-17,23H,2,5H2,1,3-4H3/b11-7-,12-9+,15-13+,16-14+,18-8+,19-10+,21-17-. The number of ketones is 1. The zero-order valence-corrected chi connectivity index (χ0v) is 14.2. The normalized spacial score (nSPS) is 14.7. The highest BCUT2D eigenvalue weighted by molar-refractivity contribution is 6.00. The van der Waals surface area contributed by atoms with Crippen LogP contribution in [0.25, 0.3) is 0 Å². The minimum Gasteiger partial charge on any atom is -0.508 e. The van der Waals surface area contributed by atoms with Crippen LogP contribution in [0.5, 0.6) is 0 Å². The molecule has 0 heterocycles. The Balaban J connectivity index is 4.91. The summed E-state index contributed by atoms with van der Waals surface area (Å²) in [6, 6.07) is 0. The summed E-state index contributed by atoms with van der Waals surface area (Å²) in [5.74, 6) is -0.359. The summed E-state index contributed by atoms with van der Waals surface area (Å²) in [5, 5.41) is 9.78. The van der Waals surface area contributed by atoms with Crippen LogP contribution in [-0.4, -0.2) is 10.9 Å². The van der Waals surface area contributed by atoms with Gasteiger partial charge in [-0.1, -0.05) is 68.2 Å². The molecule has 0 radical (unpaired) electrons. The largest absolute Gasteiger partial charge is 0.508 e. The fourth-order valence-electron chi connectivity index (χ4n) is 1.60. The van der Waals surface area contributed by atoms with E-state index in [-0.39, 0.29) is 11.5 Å². The van der Waals surface area contributed by atoms with Gasteiger partial charge in [-0.15, -0.1) is 0 Å². The van der Waals surface area contributed by atoms with Crippen LogP contribution in [-0.2, 0) is 4.79 Å². The molecular formula is C21H26O2. The van der Waals surface area contributed by atoms with Crippen molar-refractivity contribution in [3.05, 3.63) is 96.4 Å². The predicted octanol–water partition coefficient (Wildman–Crippen LogP) is 5.71. The predicted molar refractivity (Wildman–Crippen MR) is 100 cm³/mol. The number of hydrogen-bond donors (Lipinski definition) is 1. The second-order valence-corrected chi connectivity index (χ2v) is 4.64. The number of carbonyl (C=O) groups excluding carboxylic acids is 1. The number of carbonyl (C=O) groups is 1. The fraction of sp³-hybridized carbons (Fsp3) is 0.190. The van der Waals surface area contributed by atoms with Gasteiger partial charge in [-0.3, -0.25) is 4.79 Å². The minimum atomic E-state index is -0.267. The number of aliphatic hydroxyl groups is 1. The van der Waals surface area contributed by atoms with Gasteiger partial charge < -0.3 is 5.11 Å². The third kappa shape index (κ3) is 10.7. The molecule has 0 aromatic heterocycles. The Bertz CT molecular complexity index is 591. The topological polar surface area (TPSA) is 37.3 Å². The zero-order valence-electron chi connectivity index (χ0n) is 14.2. The SMILES string of the molecule is C=C/C=C(\C=C/C)/C=C/C(O)=C/C(=O)/C=C/C(/C=C/CC)=C/C. The van der Waals surface area contributed by atoms with Crippen LogP contribution in [0.1, 0.15) is 27.2 Å². The molecule has 0 aliphatic rings. The van der Waals surface area contributed by atoms with Crippen LogP contribution < -0.4 is 0 Å². The van der Waals surface area contributed by atoms with E-state index in [2.05, 4.69) is 13.5 Å². The lowest BCUT2D eigenvalue weighted by molar-refractivity contribution is -0.110. The Morgan fingerprint density at radius 1 is 1.00 bits per heavy atom. The van der Waals surface area contributed by atoms with E-state index in [1.54, 1.807) is 18.2 Å². The van der Waals surface area contributed by atoms with Crippen molar-refractivity contribution in [1.29, 1.82) is 0 Å². The molecule has 0 bridgehead atoms. The van der Waals surface area contributed by atoms with Crippen molar-refractivity contribution >= 4 is 5.78 Å². The van der Waals surface area contributed by atoms with Crippen molar-refractivity contribution in [2.75, 3.05) is 0 Å². The van der Waals surface area contributed by atoms with Crippen LogP contribution in [0.4, 0.5) is 0 Å². The van der Waals surface area contributed by atoms with Gasteiger partial charge >= 0.3 is 0 Å². The molecule has 0 aliphatic carbocycles. The van der Waals surface area contributed by atoms with Gasteiger partial charge in [-0.25, -0.2) is 0 Å². The maximum Gasteiger partial charge on any atom is 0.182 e. The Morgan fingerprint density at radius 3 is 2.26 bits per heavy atom. The van der Waals surface area contributed by atoms with Crippen molar-refractivity contribution in [3.8, 4) is 0 Å². The summed E-state index contributed by atoms with van der Waals surface area (Å²) in [5.41, 5.74) is 1.83. The van der Waals surface area contributed by atoms with Crippen molar-refractivity contribution < 1.29 is 9.90 Å². The molecule has 122 valence electrons. The summed E-state index contributed by atoms with van der Waals surface area (Å²) < 4.78 is 0. The fourth-order valence-corrected chi connectivity index (χ4v) is 1.60. The van der Waals surface area contributed by atoms with E-state index in [1.807, 2.05) is 50.3 Å². The summed E-state index contributed by atoms with van der Waals surface area (Å²) in [6.07, 6.45) is 21.6. The monoisotopic (exact) mass is 310 g/mol. The van der Waals surface area contributed by atoms with Gasteiger partial charge in [-0.05, 0) is 43.6 Å². The molecule has 0 amide bonds. The van der Waals surface area contributed by atoms with Crippen LogP contribution in [0.3, 0.4) is 0 Å². The molecule has 0 saturated heterocycles. The molecule has 2 nitrogen and oxygen atoms in total. The average molecular weight is 310 g/mol. The van der Waals surface area contributed by atoms with Gasteiger partial charge in [0.05, 0.1) is 0 Å². The summed E-state index contributed by atoms with van der Waals surface area (Å²) in [7, 11) is 0. The number of aliphatic hydroxyl groups excluding tert-OH is 1. The van der Waals surface area contributed by atoms with Crippen molar-refractivity contribution in [2.45, 2.75) is 27.2 Å². The van der Waals surface area contributed by atoms with Crippen LogP contribution >= 0.6 is 0 Å². The number of allylic oxidation sites excluding steroid dienone is 14. The van der Waals surface area contributed by atoms with Crippen LogP contribution in [0.15, 0.2) is 96.4 Å². The number of hydrogen-bond acceptors (Lipinski definition) is 2. The molecule has 0 spiro atoms. The third-order valence-corrected chi connectivity index (χ3v) is 2.73. The van der Waals surface area contributed by atoms with Gasteiger partial charge in [0.25, 0.3) is 0 Å². The molecule has 0 aromatic rings. The number of rotatable bonds is 9. The van der Waals surface area contributed by atoms with Gasteiger partial charge in [0.1, 0.15) is 5.76 Å². The molecule has 0 aromatic carbocycles. The highest BCUT2D eigenvalue weighted by Gasteiger charge is 1.94. The quantitative estimate of drug-likeness (QED) is 0.336. The highest BCUT2D eigenvalue weighted by atomic mass is 16.3. The van der Waals surface area contributed by atoms with E-state index in [9.17, 15) is 9.90 Å². The van der Waals surface area contributed by atoms with Crippen molar-refractivity contribution in [3.63, 3.8) is 0 Å². The van der Waals surface area contributed by atoms with Crippen LogP contribution in [0.2, 0.25) is 0 Å². The molecule has 0 atom stereocenters. The van der Waals surface area contributed by atoms with Gasteiger partial charge in [0, 0.05) is 6.08 Å². The second-order valence-electron chi connectivity index (χ2n) is 4.64. The molecular weight excluding hydrogens is 284 g/mol. The molecule has 2 heteroatoms. The smallest absolute Gasteiger partial charge is 0.182 e. The first-order valence-corrected chi connectivity index (χ1v) is 7.66. The Kier molecular flexibility index (Phi) is 11.6.